The Morgan fingerprint density at radius 1 is 0.833 bits per heavy atom. The molecule has 0 unspecified atom stereocenters. The fourth-order valence-corrected chi connectivity index (χ4v) is 5.35. The van der Waals surface area contributed by atoms with E-state index in [4.69, 9.17) is 0 Å². The number of fused-ring (bicyclic) bond motifs is 2. The van der Waals surface area contributed by atoms with Crippen molar-refractivity contribution in [3.63, 3.8) is 0 Å². The van der Waals surface area contributed by atoms with E-state index in [0.29, 0.717) is 49.6 Å². The Labute approximate surface area is 228 Å². The molecule has 0 fully saturated rings. The number of pyridine rings is 2. The smallest absolute Gasteiger partial charge is 0.266 e. The van der Waals surface area contributed by atoms with Crippen LogP contribution in [0.4, 0.5) is 0 Å². The monoisotopic (exact) mass is 658 g/mol. The lowest BCUT2D eigenvalue weighted by Gasteiger charge is -2.10. The van der Waals surface area contributed by atoms with Crippen molar-refractivity contribution in [1.82, 2.24) is 29.1 Å². The lowest BCUT2D eigenvalue weighted by atomic mass is 10.2. The summed E-state index contributed by atoms with van der Waals surface area (Å²) in [5.74, 6) is 0. The molecule has 0 spiro atoms. The molecule has 0 radical (unpaired) electrons. The van der Waals surface area contributed by atoms with Gasteiger partial charge in [-0.1, -0.05) is 11.8 Å². The maximum absolute atomic E-state index is 12.0. The molecule has 4 aromatic heterocycles. The summed E-state index contributed by atoms with van der Waals surface area (Å²) in [5.41, 5.74) is 2.16. The number of aromatic nitrogens is 6. The summed E-state index contributed by atoms with van der Waals surface area (Å²) in [6.45, 7) is 8.35. The third-order valence-electron chi connectivity index (χ3n) is 5.29. The van der Waals surface area contributed by atoms with E-state index in [1.807, 2.05) is 20.1 Å². The molecule has 14 heteroatoms. The Morgan fingerprint density at radius 3 is 1.69 bits per heavy atom. The Hall–Kier alpha value is -2.16. The highest BCUT2D eigenvalue weighted by Gasteiger charge is 2.17. The standard InChI is InChI=1S/C11H12BrN3O3S.C11H12BrN3OS/c1-4-15-9-7(5-8(12)10(15)16)6(2)13-11(14-9)19(3,17)18;1-4-15-9-7(5-8(12)10(15)16)6(2)13-11(14-9)17-3/h5H,4H2,1-3H3;5H,4H2,1-3H3. The molecule has 36 heavy (non-hydrogen) atoms. The van der Waals surface area contributed by atoms with Crippen molar-refractivity contribution in [2.45, 2.75) is 51.1 Å². The van der Waals surface area contributed by atoms with Crippen molar-refractivity contribution in [2.24, 2.45) is 0 Å². The first kappa shape index (κ1) is 28.4. The highest BCUT2D eigenvalue weighted by atomic mass is 79.9. The number of aryl methyl sites for hydroxylation is 4. The van der Waals surface area contributed by atoms with Crippen LogP contribution in [-0.2, 0) is 22.9 Å². The van der Waals surface area contributed by atoms with Crippen LogP contribution in [0.3, 0.4) is 0 Å². The first-order chi connectivity index (χ1) is 16.8. The topological polar surface area (TPSA) is 130 Å². The Bertz CT molecular complexity index is 1720. The zero-order valence-electron chi connectivity index (χ0n) is 20.5. The van der Waals surface area contributed by atoms with Crippen LogP contribution in [-0.4, -0.2) is 50.0 Å². The van der Waals surface area contributed by atoms with Gasteiger partial charge < -0.3 is 0 Å². The fraction of sp³-hybridized carbons (Fsp3) is 0.364. The average molecular weight is 660 g/mol. The molecule has 4 aromatic rings. The summed E-state index contributed by atoms with van der Waals surface area (Å²) in [6.07, 6.45) is 2.97. The Balaban J connectivity index is 0.000000202. The summed E-state index contributed by atoms with van der Waals surface area (Å²) in [5, 5.41) is 2.00. The largest absolute Gasteiger partial charge is 0.292 e. The molecule has 0 atom stereocenters. The third kappa shape index (κ3) is 5.55. The number of thioether (sulfide) groups is 1. The molecule has 0 bridgehead atoms. The van der Waals surface area contributed by atoms with Gasteiger partial charge in [0.1, 0.15) is 11.3 Å². The molecular weight excluding hydrogens is 636 g/mol. The van der Waals surface area contributed by atoms with E-state index < -0.39 is 9.84 Å². The average Bonchev–Trinajstić information content (AvgIpc) is 2.81. The van der Waals surface area contributed by atoms with Crippen LogP contribution in [0.2, 0.25) is 0 Å². The number of nitrogens with zero attached hydrogens (tertiary/aromatic N) is 6. The number of halogens is 2. The van der Waals surface area contributed by atoms with Crippen molar-refractivity contribution in [3.05, 3.63) is 53.2 Å². The minimum atomic E-state index is -3.51. The van der Waals surface area contributed by atoms with Gasteiger partial charge in [0.15, 0.2) is 5.16 Å². The number of hydrogen-bond acceptors (Lipinski definition) is 9. The molecule has 4 rings (SSSR count). The maximum Gasteiger partial charge on any atom is 0.266 e. The molecule has 0 saturated heterocycles. The van der Waals surface area contributed by atoms with Crippen LogP contribution in [0.15, 0.2) is 41.0 Å². The molecule has 0 saturated carbocycles. The molecule has 0 aliphatic rings. The van der Waals surface area contributed by atoms with Crippen LogP contribution >= 0.6 is 43.6 Å². The van der Waals surface area contributed by atoms with Gasteiger partial charge in [-0.2, -0.15) is 4.98 Å². The van der Waals surface area contributed by atoms with Crippen LogP contribution in [0.5, 0.6) is 0 Å². The minimum absolute atomic E-state index is 0.0508. The van der Waals surface area contributed by atoms with E-state index in [-0.39, 0.29) is 16.3 Å². The second-order valence-electron chi connectivity index (χ2n) is 7.72. The van der Waals surface area contributed by atoms with Crippen molar-refractivity contribution < 1.29 is 8.42 Å². The van der Waals surface area contributed by atoms with Gasteiger partial charge in [0.05, 0.1) is 20.3 Å². The van der Waals surface area contributed by atoms with Gasteiger partial charge in [-0.15, -0.1) is 0 Å². The quantitative estimate of drug-likeness (QED) is 0.237. The molecule has 0 aliphatic heterocycles. The molecule has 0 aromatic carbocycles. The Morgan fingerprint density at radius 2 is 1.28 bits per heavy atom. The summed E-state index contributed by atoms with van der Waals surface area (Å²) in [7, 11) is -3.51. The van der Waals surface area contributed by atoms with E-state index >= 15 is 0 Å². The number of rotatable bonds is 4. The maximum atomic E-state index is 12.0. The fourth-order valence-electron chi connectivity index (χ4n) is 3.50. The van der Waals surface area contributed by atoms with Crippen LogP contribution in [0, 0.1) is 13.8 Å². The van der Waals surface area contributed by atoms with Gasteiger partial charge in [0.25, 0.3) is 11.1 Å². The van der Waals surface area contributed by atoms with Gasteiger partial charge >= 0.3 is 0 Å². The summed E-state index contributed by atoms with van der Waals surface area (Å²) in [6, 6.07) is 3.41. The highest BCUT2D eigenvalue weighted by Crippen LogP contribution is 2.21. The van der Waals surface area contributed by atoms with E-state index in [1.165, 1.54) is 16.3 Å². The summed E-state index contributed by atoms with van der Waals surface area (Å²) >= 11 is 7.95. The van der Waals surface area contributed by atoms with E-state index in [2.05, 4.69) is 51.8 Å². The van der Waals surface area contributed by atoms with Crippen molar-refractivity contribution in [2.75, 3.05) is 12.5 Å². The van der Waals surface area contributed by atoms with Crippen molar-refractivity contribution in [1.29, 1.82) is 0 Å². The predicted octanol–water partition coefficient (Wildman–Crippen LogP) is 3.89. The van der Waals surface area contributed by atoms with Crippen molar-refractivity contribution >= 4 is 75.5 Å². The lowest BCUT2D eigenvalue weighted by molar-refractivity contribution is 0.592. The lowest BCUT2D eigenvalue weighted by Crippen LogP contribution is -2.22. The van der Waals surface area contributed by atoms with Crippen LogP contribution < -0.4 is 11.1 Å². The van der Waals surface area contributed by atoms with E-state index in [0.717, 1.165) is 17.3 Å². The second-order valence-corrected chi connectivity index (χ2v) is 12.1. The van der Waals surface area contributed by atoms with Gasteiger partial charge in [-0.05, 0) is 77.9 Å². The molecular formula is C22H24Br2N6O4S2. The zero-order valence-corrected chi connectivity index (χ0v) is 25.3. The first-order valence-electron chi connectivity index (χ1n) is 10.7. The van der Waals surface area contributed by atoms with E-state index in [1.54, 1.807) is 30.5 Å². The normalized spacial score (nSPS) is 11.6. The number of hydrogen-bond donors (Lipinski definition) is 0. The number of sulfone groups is 1. The van der Waals surface area contributed by atoms with Gasteiger partial charge in [0, 0.05) is 30.1 Å². The molecule has 0 aliphatic carbocycles. The molecule has 0 amide bonds. The van der Waals surface area contributed by atoms with Crippen LogP contribution in [0.1, 0.15) is 25.2 Å². The van der Waals surface area contributed by atoms with Gasteiger partial charge in [-0.25, -0.2) is 23.4 Å². The van der Waals surface area contributed by atoms with Crippen molar-refractivity contribution in [3.8, 4) is 0 Å². The van der Waals surface area contributed by atoms with Crippen LogP contribution in [0.25, 0.3) is 22.1 Å². The van der Waals surface area contributed by atoms with Gasteiger partial charge in [0.2, 0.25) is 15.0 Å². The second kappa shape index (κ2) is 11.1. The van der Waals surface area contributed by atoms with Gasteiger partial charge in [-0.3, -0.25) is 18.7 Å². The zero-order chi connectivity index (χ0) is 26.9. The molecule has 4 heterocycles. The van der Waals surface area contributed by atoms with E-state index in [9.17, 15) is 18.0 Å². The Kier molecular flexibility index (Phi) is 8.74. The predicted molar refractivity (Wildman–Crippen MR) is 149 cm³/mol. The molecule has 10 nitrogen and oxygen atoms in total. The summed E-state index contributed by atoms with van der Waals surface area (Å²) < 4.78 is 27.2. The first-order valence-corrected chi connectivity index (χ1v) is 15.4. The SMILES string of the molecule is CCn1c(=O)c(Br)cc2c(C)nc(S(C)(=O)=O)nc21.CCn1c(=O)c(Br)cc2c(C)nc(SC)nc21. The molecule has 0 N–H and O–H groups in total. The molecule has 192 valence electrons. The minimum Gasteiger partial charge on any atom is -0.292 e. The third-order valence-corrected chi connectivity index (χ3v) is 7.82. The highest BCUT2D eigenvalue weighted by molar-refractivity contribution is 9.10. The summed E-state index contributed by atoms with van der Waals surface area (Å²) in [4.78, 5) is 40.8.